The molecule has 4 aliphatic carbocycles. The number of rotatable bonds is 3. The van der Waals surface area contributed by atoms with Gasteiger partial charge in [-0.3, -0.25) is 0 Å². The summed E-state index contributed by atoms with van der Waals surface area (Å²) in [5.41, 5.74) is 1.71. The van der Waals surface area contributed by atoms with Crippen LogP contribution in [0.4, 0.5) is 0 Å². The molecule has 4 aliphatic rings. The topological polar surface area (TPSA) is 12.0 Å². The Morgan fingerprint density at radius 1 is 1.12 bits per heavy atom. The fourth-order valence-electron chi connectivity index (χ4n) is 5.93. The van der Waals surface area contributed by atoms with Crippen LogP contribution in [0.2, 0.25) is 0 Å². The second-order valence-electron chi connectivity index (χ2n) is 7.58. The highest BCUT2D eigenvalue weighted by atomic mass is 15.0. The van der Waals surface area contributed by atoms with Gasteiger partial charge in [0, 0.05) is 12.1 Å². The highest BCUT2D eigenvalue weighted by molar-refractivity contribution is 5.14. The molecule has 1 heteroatoms. The van der Waals surface area contributed by atoms with Crippen LogP contribution in [0.5, 0.6) is 0 Å². The molecule has 0 amide bonds. The van der Waals surface area contributed by atoms with Crippen LogP contribution in [0.15, 0.2) is 12.7 Å². The molecule has 1 nitrogen and oxygen atoms in total. The van der Waals surface area contributed by atoms with Crippen molar-refractivity contribution < 1.29 is 0 Å². The van der Waals surface area contributed by atoms with E-state index in [1.54, 1.807) is 0 Å². The van der Waals surface area contributed by atoms with E-state index in [1.165, 1.54) is 38.5 Å². The van der Waals surface area contributed by atoms with Crippen molar-refractivity contribution in [3.05, 3.63) is 12.7 Å². The van der Waals surface area contributed by atoms with Crippen molar-refractivity contribution in [2.24, 2.45) is 16.7 Å². The van der Waals surface area contributed by atoms with E-state index in [4.69, 9.17) is 0 Å². The molecule has 0 radical (unpaired) electrons. The maximum atomic E-state index is 3.85. The van der Waals surface area contributed by atoms with E-state index in [0.717, 1.165) is 12.5 Å². The Kier molecular flexibility index (Phi) is 2.12. The van der Waals surface area contributed by atoms with E-state index in [2.05, 4.69) is 25.7 Å². The molecular weight excluding hydrogens is 194 g/mol. The maximum absolute atomic E-state index is 3.85. The Labute approximate surface area is 99.7 Å². The first-order chi connectivity index (χ1) is 7.47. The first-order valence-electron chi connectivity index (χ1n) is 6.83. The van der Waals surface area contributed by atoms with Gasteiger partial charge in [-0.2, -0.15) is 0 Å². The summed E-state index contributed by atoms with van der Waals surface area (Å²) >= 11 is 0. The molecular formula is C15H25N. The van der Waals surface area contributed by atoms with Gasteiger partial charge in [-0.1, -0.05) is 19.9 Å². The predicted octanol–water partition coefficient (Wildman–Crippen LogP) is 3.51. The summed E-state index contributed by atoms with van der Waals surface area (Å²) < 4.78 is 0. The van der Waals surface area contributed by atoms with Crippen LogP contribution in [-0.2, 0) is 0 Å². The zero-order valence-corrected chi connectivity index (χ0v) is 10.8. The van der Waals surface area contributed by atoms with Gasteiger partial charge in [0.2, 0.25) is 0 Å². The molecule has 0 aromatic heterocycles. The average Bonchev–Trinajstić information content (AvgIpc) is 2.08. The van der Waals surface area contributed by atoms with Gasteiger partial charge < -0.3 is 5.32 Å². The van der Waals surface area contributed by atoms with Crippen molar-refractivity contribution in [1.82, 2.24) is 5.32 Å². The van der Waals surface area contributed by atoms with Crippen LogP contribution < -0.4 is 5.32 Å². The van der Waals surface area contributed by atoms with Crippen molar-refractivity contribution in [1.29, 1.82) is 0 Å². The third kappa shape index (κ3) is 1.55. The molecule has 1 N–H and O–H groups in total. The van der Waals surface area contributed by atoms with E-state index >= 15 is 0 Å². The highest BCUT2D eigenvalue weighted by Crippen LogP contribution is 2.66. The van der Waals surface area contributed by atoms with Crippen LogP contribution >= 0.6 is 0 Å². The molecule has 2 atom stereocenters. The Bertz CT molecular complexity index is 301. The first kappa shape index (κ1) is 10.8. The van der Waals surface area contributed by atoms with Crippen LogP contribution in [0.1, 0.15) is 52.4 Å². The molecule has 0 spiro atoms. The number of nitrogens with one attached hydrogen (secondary N) is 1. The van der Waals surface area contributed by atoms with E-state index < -0.39 is 0 Å². The lowest BCUT2D eigenvalue weighted by atomic mass is 9.43. The van der Waals surface area contributed by atoms with Gasteiger partial charge in [0.05, 0.1) is 0 Å². The average molecular weight is 219 g/mol. The molecule has 2 unspecified atom stereocenters. The van der Waals surface area contributed by atoms with Gasteiger partial charge in [-0.05, 0) is 55.3 Å². The van der Waals surface area contributed by atoms with Crippen molar-refractivity contribution in [2.75, 3.05) is 6.54 Å². The molecule has 4 rings (SSSR count). The minimum absolute atomic E-state index is 0.455. The SMILES string of the molecule is C=CCNC12CC3CC(C)(CC(C)(C3)C1)C2. The largest absolute Gasteiger partial charge is 0.308 e. The Hall–Kier alpha value is -0.300. The van der Waals surface area contributed by atoms with Crippen molar-refractivity contribution in [2.45, 2.75) is 57.9 Å². The minimum Gasteiger partial charge on any atom is -0.308 e. The standard InChI is InChI=1S/C15H25N/c1-4-5-16-15-8-12-6-13(2,10-15)9-14(3,7-12)11-15/h4,12,16H,1,5-11H2,2-3H3. The first-order valence-corrected chi connectivity index (χ1v) is 6.83. The summed E-state index contributed by atoms with van der Waals surface area (Å²) in [6.07, 6.45) is 10.7. The van der Waals surface area contributed by atoms with Gasteiger partial charge in [0.15, 0.2) is 0 Å². The maximum Gasteiger partial charge on any atom is 0.0197 e. The fraction of sp³-hybridized carbons (Fsp3) is 0.867. The van der Waals surface area contributed by atoms with E-state index in [0.29, 0.717) is 16.4 Å². The molecule has 90 valence electrons. The lowest BCUT2D eigenvalue weighted by Gasteiger charge is -2.65. The molecule has 0 aliphatic heterocycles. The summed E-state index contributed by atoms with van der Waals surface area (Å²) in [4.78, 5) is 0. The quantitative estimate of drug-likeness (QED) is 0.716. The van der Waals surface area contributed by atoms with Gasteiger partial charge >= 0.3 is 0 Å². The lowest BCUT2D eigenvalue weighted by molar-refractivity contribution is -0.116. The second kappa shape index (κ2) is 3.13. The number of hydrogen-bond donors (Lipinski definition) is 1. The summed E-state index contributed by atoms with van der Waals surface area (Å²) in [5.74, 6) is 0.989. The van der Waals surface area contributed by atoms with Crippen LogP contribution in [-0.4, -0.2) is 12.1 Å². The monoisotopic (exact) mass is 219 g/mol. The van der Waals surface area contributed by atoms with Crippen molar-refractivity contribution in [3.63, 3.8) is 0 Å². The Morgan fingerprint density at radius 2 is 1.75 bits per heavy atom. The van der Waals surface area contributed by atoms with Gasteiger partial charge in [-0.15, -0.1) is 6.58 Å². The third-order valence-electron chi connectivity index (χ3n) is 5.25. The van der Waals surface area contributed by atoms with E-state index in [-0.39, 0.29) is 0 Å². The normalized spacial score (nSPS) is 54.2. The van der Waals surface area contributed by atoms with E-state index in [1.807, 2.05) is 6.08 Å². The zero-order valence-electron chi connectivity index (χ0n) is 10.8. The van der Waals surface area contributed by atoms with Gasteiger partial charge in [0.25, 0.3) is 0 Å². The second-order valence-corrected chi connectivity index (χ2v) is 7.58. The van der Waals surface area contributed by atoms with Gasteiger partial charge in [-0.25, -0.2) is 0 Å². The summed E-state index contributed by atoms with van der Waals surface area (Å²) in [7, 11) is 0. The third-order valence-corrected chi connectivity index (χ3v) is 5.25. The van der Waals surface area contributed by atoms with E-state index in [9.17, 15) is 0 Å². The van der Waals surface area contributed by atoms with Crippen molar-refractivity contribution >= 4 is 0 Å². The van der Waals surface area contributed by atoms with Crippen LogP contribution in [0.3, 0.4) is 0 Å². The molecule has 0 aromatic rings. The van der Waals surface area contributed by atoms with Gasteiger partial charge in [0.1, 0.15) is 0 Å². The molecule has 0 heterocycles. The molecule has 4 fully saturated rings. The highest BCUT2D eigenvalue weighted by Gasteiger charge is 2.59. The minimum atomic E-state index is 0.455. The summed E-state index contributed by atoms with van der Waals surface area (Å²) in [5, 5.41) is 3.81. The summed E-state index contributed by atoms with van der Waals surface area (Å²) in [6, 6.07) is 0. The van der Waals surface area contributed by atoms with Crippen LogP contribution in [0.25, 0.3) is 0 Å². The zero-order chi connectivity index (χ0) is 11.4. The smallest absolute Gasteiger partial charge is 0.0197 e. The molecule has 0 aromatic carbocycles. The fourth-order valence-corrected chi connectivity index (χ4v) is 5.93. The molecule has 0 saturated heterocycles. The van der Waals surface area contributed by atoms with Crippen molar-refractivity contribution in [3.8, 4) is 0 Å². The Balaban J connectivity index is 1.89. The molecule has 4 bridgehead atoms. The molecule has 4 saturated carbocycles. The summed E-state index contributed by atoms with van der Waals surface area (Å²) in [6.45, 7) is 9.89. The molecule has 16 heavy (non-hydrogen) atoms. The predicted molar refractivity (Wildman–Crippen MR) is 68.3 cm³/mol. The number of hydrogen-bond acceptors (Lipinski definition) is 1. The Morgan fingerprint density at radius 3 is 2.25 bits per heavy atom. The van der Waals surface area contributed by atoms with Crippen LogP contribution in [0, 0.1) is 16.7 Å². The lowest BCUT2D eigenvalue weighted by Crippen LogP contribution is -2.64.